The number of carbonyl (C=O) groups excluding carboxylic acids is 1. The van der Waals surface area contributed by atoms with Gasteiger partial charge in [0, 0.05) is 12.7 Å². The van der Waals surface area contributed by atoms with E-state index < -0.39 is 12.1 Å². The van der Waals surface area contributed by atoms with Gasteiger partial charge in [0.05, 0.1) is 6.10 Å². The lowest BCUT2D eigenvalue weighted by atomic mass is 10.2. The van der Waals surface area contributed by atoms with E-state index in [0.717, 1.165) is 0 Å². The van der Waals surface area contributed by atoms with Gasteiger partial charge in [-0.25, -0.2) is 4.79 Å². The van der Waals surface area contributed by atoms with Gasteiger partial charge in [-0.3, -0.25) is 0 Å². The second kappa shape index (κ2) is 5.72. The normalized spacial score (nSPS) is 14.8. The summed E-state index contributed by atoms with van der Waals surface area (Å²) in [6.45, 7) is 6.59. The molecule has 0 heterocycles. The van der Waals surface area contributed by atoms with Gasteiger partial charge in [0.2, 0.25) is 0 Å². The van der Waals surface area contributed by atoms with E-state index in [2.05, 4.69) is 6.58 Å². The van der Waals surface area contributed by atoms with Crippen LogP contribution in [0.5, 0.6) is 0 Å². The van der Waals surface area contributed by atoms with Crippen molar-refractivity contribution in [3.63, 3.8) is 0 Å². The fraction of sp³-hybridized carbons (Fsp3) is 0.667. The van der Waals surface area contributed by atoms with Gasteiger partial charge in [-0.2, -0.15) is 0 Å². The zero-order valence-electron chi connectivity index (χ0n) is 8.24. The van der Waals surface area contributed by atoms with Crippen LogP contribution >= 0.6 is 0 Å². The Morgan fingerprint density at radius 3 is 2.54 bits per heavy atom. The van der Waals surface area contributed by atoms with Gasteiger partial charge in [0.25, 0.3) is 0 Å². The van der Waals surface area contributed by atoms with Crippen molar-refractivity contribution in [2.75, 3.05) is 13.7 Å². The Morgan fingerprint density at radius 1 is 1.62 bits per heavy atom. The van der Waals surface area contributed by atoms with Gasteiger partial charge >= 0.3 is 5.97 Å². The van der Waals surface area contributed by atoms with E-state index >= 15 is 0 Å². The molecule has 0 saturated carbocycles. The van der Waals surface area contributed by atoms with Gasteiger partial charge in [-0.1, -0.05) is 6.58 Å². The molecule has 1 N–H and O–H groups in total. The fourth-order valence-corrected chi connectivity index (χ4v) is 0.577. The first kappa shape index (κ1) is 12.1. The van der Waals surface area contributed by atoms with Crippen LogP contribution in [0.15, 0.2) is 12.2 Å². The average Bonchev–Trinajstić information content (AvgIpc) is 2.11. The molecule has 0 spiro atoms. The number of methoxy groups -OCH3 is 1. The zero-order valence-corrected chi connectivity index (χ0v) is 8.24. The molecule has 76 valence electrons. The van der Waals surface area contributed by atoms with Crippen LogP contribution < -0.4 is 0 Å². The number of rotatable bonds is 5. The molecule has 13 heavy (non-hydrogen) atoms. The number of hydrogen-bond acceptors (Lipinski definition) is 4. The first-order valence-electron chi connectivity index (χ1n) is 4.02. The van der Waals surface area contributed by atoms with E-state index in [0.29, 0.717) is 5.57 Å². The van der Waals surface area contributed by atoms with E-state index in [4.69, 9.17) is 9.47 Å². The van der Waals surface area contributed by atoms with Crippen molar-refractivity contribution in [3.05, 3.63) is 12.2 Å². The highest BCUT2D eigenvalue weighted by Crippen LogP contribution is 2.00. The smallest absolute Gasteiger partial charge is 0.333 e. The van der Waals surface area contributed by atoms with Gasteiger partial charge < -0.3 is 14.6 Å². The topological polar surface area (TPSA) is 55.8 Å². The van der Waals surface area contributed by atoms with E-state index in [1.54, 1.807) is 13.8 Å². The van der Waals surface area contributed by atoms with E-state index in [1.165, 1.54) is 7.11 Å². The molecule has 4 heteroatoms. The number of aliphatic hydroxyl groups excluding tert-OH is 1. The summed E-state index contributed by atoms with van der Waals surface area (Å²) in [5.41, 5.74) is 0.317. The average molecular weight is 188 g/mol. The summed E-state index contributed by atoms with van der Waals surface area (Å²) >= 11 is 0. The zero-order chi connectivity index (χ0) is 10.4. The maximum Gasteiger partial charge on any atom is 0.333 e. The number of hydrogen-bond donors (Lipinski definition) is 1. The van der Waals surface area contributed by atoms with E-state index in [9.17, 15) is 9.90 Å². The van der Waals surface area contributed by atoms with E-state index in [-0.39, 0.29) is 12.7 Å². The Morgan fingerprint density at radius 2 is 2.15 bits per heavy atom. The van der Waals surface area contributed by atoms with Crippen molar-refractivity contribution in [2.45, 2.75) is 26.1 Å². The van der Waals surface area contributed by atoms with Crippen molar-refractivity contribution >= 4 is 5.97 Å². The van der Waals surface area contributed by atoms with Crippen LogP contribution in [-0.2, 0) is 14.3 Å². The number of esters is 1. The third-order valence-corrected chi connectivity index (χ3v) is 1.65. The van der Waals surface area contributed by atoms with Crippen molar-refractivity contribution < 1.29 is 19.4 Å². The van der Waals surface area contributed by atoms with Gasteiger partial charge in [0.1, 0.15) is 12.7 Å². The maximum absolute atomic E-state index is 10.9. The fourth-order valence-electron chi connectivity index (χ4n) is 0.577. The summed E-state index contributed by atoms with van der Waals surface area (Å²) in [6.07, 6.45) is -1.15. The van der Waals surface area contributed by atoms with Crippen LogP contribution in [-0.4, -0.2) is 37.0 Å². The Labute approximate surface area is 78.2 Å². The SMILES string of the molecule is C=C(C)C(=O)OCC(O)C(C)OC. The predicted octanol–water partition coefficient (Wildman–Crippen LogP) is 0.502. The van der Waals surface area contributed by atoms with Crippen LogP contribution in [0.4, 0.5) is 0 Å². The molecule has 0 aromatic heterocycles. The van der Waals surface area contributed by atoms with Crippen LogP contribution in [0, 0.1) is 0 Å². The summed E-state index contributed by atoms with van der Waals surface area (Å²) in [5.74, 6) is -0.498. The highest BCUT2D eigenvalue weighted by Gasteiger charge is 2.15. The molecule has 0 aliphatic rings. The summed E-state index contributed by atoms with van der Waals surface area (Å²) in [6, 6.07) is 0. The highest BCUT2D eigenvalue weighted by molar-refractivity contribution is 5.86. The molecule has 0 saturated heterocycles. The largest absolute Gasteiger partial charge is 0.459 e. The predicted molar refractivity (Wildman–Crippen MR) is 48.3 cm³/mol. The second-order valence-electron chi connectivity index (χ2n) is 2.89. The molecule has 0 fully saturated rings. The van der Waals surface area contributed by atoms with Crippen LogP contribution in [0.2, 0.25) is 0 Å². The Bertz CT molecular complexity index is 188. The Kier molecular flexibility index (Phi) is 5.34. The van der Waals surface area contributed by atoms with Crippen LogP contribution in [0.25, 0.3) is 0 Å². The minimum atomic E-state index is -0.798. The third kappa shape index (κ3) is 4.65. The molecular weight excluding hydrogens is 172 g/mol. The molecular formula is C9H16O4. The van der Waals surface area contributed by atoms with Gasteiger partial charge in [-0.05, 0) is 13.8 Å². The van der Waals surface area contributed by atoms with Crippen molar-refractivity contribution in [3.8, 4) is 0 Å². The minimum Gasteiger partial charge on any atom is -0.459 e. The third-order valence-electron chi connectivity index (χ3n) is 1.65. The molecule has 0 bridgehead atoms. The summed E-state index contributed by atoms with van der Waals surface area (Å²) in [5, 5.41) is 9.32. The summed E-state index contributed by atoms with van der Waals surface area (Å²) < 4.78 is 9.56. The maximum atomic E-state index is 10.9. The molecule has 4 nitrogen and oxygen atoms in total. The lowest BCUT2D eigenvalue weighted by Gasteiger charge is -2.16. The second-order valence-corrected chi connectivity index (χ2v) is 2.89. The van der Waals surface area contributed by atoms with Gasteiger partial charge in [0.15, 0.2) is 0 Å². The van der Waals surface area contributed by atoms with Crippen LogP contribution in [0.3, 0.4) is 0 Å². The van der Waals surface area contributed by atoms with Crippen LogP contribution in [0.1, 0.15) is 13.8 Å². The van der Waals surface area contributed by atoms with Crippen molar-refractivity contribution in [2.24, 2.45) is 0 Å². The number of aliphatic hydroxyl groups is 1. The highest BCUT2D eigenvalue weighted by atomic mass is 16.5. The lowest BCUT2D eigenvalue weighted by molar-refractivity contribution is -0.144. The van der Waals surface area contributed by atoms with Gasteiger partial charge in [-0.15, -0.1) is 0 Å². The summed E-state index contributed by atoms with van der Waals surface area (Å²) in [7, 11) is 1.48. The number of ether oxygens (including phenoxy) is 2. The first-order chi connectivity index (χ1) is 5.99. The molecule has 0 aromatic rings. The molecule has 0 amide bonds. The standard InChI is InChI=1S/C9H16O4/c1-6(2)9(11)13-5-8(10)7(3)12-4/h7-8,10H,1,5H2,2-4H3. The Balaban J connectivity index is 3.76. The first-order valence-corrected chi connectivity index (χ1v) is 4.02. The lowest BCUT2D eigenvalue weighted by Crippen LogP contribution is -2.30. The molecule has 0 rings (SSSR count). The molecule has 0 radical (unpaired) electrons. The summed E-state index contributed by atoms with van der Waals surface area (Å²) in [4.78, 5) is 10.9. The molecule has 2 atom stereocenters. The minimum absolute atomic E-state index is 0.0687. The molecule has 0 aliphatic carbocycles. The monoisotopic (exact) mass is 188 g/mol. The van der Waals surface area contributed by atoms with Crippen molar-refractivity contribution in [1.29, 1.82) is 0 Å². The molecule has 0 aromatic carbocycles. The Hall–Kier alpha value is -0.870. The van der Waals surface area contributed by atoms with Crippen molar-refractivity contribution in [1.82, 2.24) is 0 Å². The number of carbonyl (C=O) groups is 1. The molecule has 0 aliphatic heterocycles. The quantitative estimate of drug-likeness (QED) is 0.504. The van der Waals surface area contributed by atoms with E-state index in [1.807, 2.05) is 0 Å². The molecule has 2 unspecified atom stereocenters.